The molecule has 1 aliphatic heterocycles. The third-order valence-electron chi connectivity index (χ3n) is 4.17. The molecule has 1 N–H and O–H groups in total. The summed E-state index contributed by atoms with van der Waals surface area (Å²) in [6, 6.07) is 4.08. The lowest BCUT2D eigenvalue weighted by Gasteiger charge is -2.26. The Morgan fingerprint density at radius 2 is 2.04 bits per heavy atom. The lowest BCUT2D eigenvalue weighted by Crippen LogP contribution is -2.41. The van der Waals surface area contributed by atoms with E-state index in [1.54, 1.807) is 0 Å². The third kappa shape index (κ3) is 3.47. The van der Waals surface area contributed by atoms with Crippen LogP contribution in [-0.2, 0) is 4.74 Å². The van der Waals surface area contributed by atoms with Crippen LogP contribution in [0.3, 0.4) is 0 Å². The van der Waals surface area contributed by atoms with Crippen LogP contribution in [0.1, 0.15) is 22.1 Å². The van der Waals surface area contributed by atoms with Gasteiger partial charge in [0.25, 0.3) is 5.91 Å². The quantitative estimate of drug-likeness (QED) is 0.921. The summed E-state index contributed by atoms with van der Waals surface area (Å²) < 4.78 is 20.0. The van der Waals surface area contributed by atoms with E-state index in [0.717, 1.165) is 19.6 Å². The number of morpholine rings is 1. The van der Waals surface area contributed by atoms with Crippen molar-refractivity contribution in [1.82, 2.24) is 14.8 Å². The Bertz CT molecular complexity index is 766. The number of carbonyl (C=O) groups excluding carboxylic acids is 2. The Balaban J connectivity index is 1.73. The molecule has 0 radical (unpaired) electrons. The number of nitrogens with one attached hydrogen (secondary N) is 1. The van der Waals surface area contributed by atoms with Crippen molar-refractivity contribution < 1.29 is 18.7 Å². The Kier molecular flexibility index (Phi) is 4.92. The zero-order valence-corrected chi connectivity index (χ0v) is 13.5. The first-order chi connectivity index (χ1) is 11.6. The number of rotatable bonds is 4. The number of amides is 1. The summed E-state index contributed by atoms with van der Waals surface area (Å²) >= 11 is 0. The fourth-order valence-corrected chi connectivity index (χ4v) is 2.89. The van der Waals surface area contributed by atoms with Crippen LogP contribution < -0.4 is 5.32 Å². The summed E-state index contributed by atoms with van der Waals surface area (Å²) in [6.07, 6.45) is 1.47. The molecule has 0 bridgehead atoms. The molecule has 6 nitrogen and oxygen atoms in total. The van der Waals surface area contributed by atoms with E-state index in [1.165, 1.54) is 35.9 Å². The number of hydrogen-bond donors (Lipinski definition) is 1. The van der Waals surface area contributed by atoms with Crippen LogP contribution in [0.5, 0.6) is 0 Å². The van der Waals surface area contributed by atoms with E-state index in [0.29, 0.717) is 36.2 Å². The van der Waals surface area contributed by atoms with Crippen molar-refractivity contribution >= 4 is 22.7 Å². The van der Waals surface area contributed by atoms with Crippen LogP contribution in [0.15, 0.2) is 24.4 Å². The minimum atomic E-state index is -0.442. The molecule has 1 aromatic carbocycles. The molecule has 3 rings (SSSR count). The van der Waals surface area contributed by atoms with Gasteiger partial charge in [0.05, 0.1) is 24.3 Å². The van der Waals surface area contributed by atoms with Gasteiger partial charge in [-0.1, -0.05) is 0 Å². The van der Waals surface area contributed by atoms with Crippen LogP contribution >= 0.6 is 0 Å². The zero-order chi connectivity index (χ0) is 17.1. The molecule has 24 heavy (non-hydrogen) atoms. The predicted molar refractivity (Wildman–Crippen MR) is 87.8 cm³/mol. The molecule has 0 unspecified atom stereocenters. The van der Waals surface area contributed by atoms with E-state index in [4.69, 9.17) is 4.74 Å². The van der Waals surface area contributed by atoms with E-state index in [2.05, 4.69) is 10.2 Å². The molecular weight excluding hydrogens is 313 g/mol. The standard InChI is InChI=1S/C17H20FN3O3/c1-12(22)21-11-15(14-3-2-13(18)10-16(14)21)17(23)19-4-5-20-6-8-24-9-7-20/h2-3,10-11H,4-9H2,1H3,(H,19,23). The molecule has 2 aromatic rings. The average molecular weight is 333 g/mol. The molecule has 0 aliphatic carbocycles. The van der Waals surface area contributed by atoms with E-state index in [-0.39, 0.29) is 11.8 Å². The highest BCUT2D eigenvalue weighted by Gasteiger charge is 2.17. The molecule has 128 valence electrons. The second-order valence-corrected chi connectivity index (χ2v) is 5.80. The van der Waals surface area contributed by atoms with Crippen molar-refractivity contribution in [3.63, 3.8) is 0 Å². The second-order valence-electron chi connectivity index (χ2n) is 5.80. The maximum atomic E-state index is 13.5. The monoisotopic (exact) mass is 333 g/mol. The van der Waals surface area contributed by atoms with Gasteiger partial charge in [-0.15, -0.1) is 0 Å². The number of ether oxygens (including phenoxy) is 1. The van der Waals surface area contributed by atoms with Crippen LogP contribution in [-0.4, -0.2) is 60.7 Å². The van der Waals surface area contributed by atoms with Crippen molar-refractivity contribution in [2.24, 2.45) is 0 Å². The lowest BCUT2D eigenvalue weighted by molar-refractivity contribution is 0.0383. The van der Waals surface area contributed by atoms with Gasteiger partial charge in [-0.3, -0.25) is 19.1 Å². The first kappa shape index (κ1) is 16.6. The molecule has 1 aliphatic rings. The van der Waals surface area contributed by atoms with E-state index >= 15 is 0 Å². The number of carbonyl (C=O) groups is 2. The highest BCUT2D eigenvalue weighted by molar-refractivity contribution is 6.09. The Hall–Kier alpha value is -2.25. The molecule has 1 amide bonds. The zero-order valence-electron chi connectivity index (χ0n) is 13.5. The topological polar surface area (TPSA) is 63.6 Å². The molecule has 0 saturated carbocycles. The number of nitrogens with zero attached hydrogens (tertiary/aromatic N) is 2. The number of benzene rings is 1. The summed E-state index contributed by atoms with van der Waals surface area (Å²) in [5, 5.41) is 3.43. The van der Waals surface area contributed by atoms with Crippen molar-refractivity contribution in [3.8, 4) is 0 Å². The highest BCUT2D eigenvalue weighted by Crippen LogP contribution is 2.22. The van der Waals surface area contributed by atoms with Gasteiger partial charge in [0.1, 0.15) is 5.82 Å². The second kappa shape index (κ2) is 7.11. The van der Waals surface area contributed by atoms with Crippen molar-refractivity contribution in [2.45, 2.75) is 6.92 Å². The molecule has 7 heteroatoms. The van der Waals surface area contributed by atoms with Gasteiger partial charge in [0.2, 0.25) is 5.91 Å². The summed E-state index contributed by atoms with van der Waals surface area (Å²) in [5.74, 6) is -0.972. The van der Waals surface area contributed by atoms with Crippen LogP contribution in [0.25, 0.3) is 10.9 Å². The molecule has 1 fully saturated rings. The van der Waals surface area contributed by atoms with Crippen molar-refractivity contribution in [3.05, 3.63) is 35.8 Å². The van der Waals surface area contributed by atoms with Gasteiger partial charge >= 0.3 is 0 Å². The van der Waals surface area contributed by atoms with Crippen LogP contribution in [0.4, 0.5) is 4.39 Å². The van der Waals surface area contributed by atoms with Gasteiger partial charge < -0.3 is 10.1 Å². The van der Waals surface area contributed by atoms with E-state index in [9.17, 15) is 14.0 Å². The van der Waals surface area contributed by atoms with Gasteiger partial charge in [0.15, 0.2) is 0 Å². The minimum absolute atomic E-state index is 0.264. The van der Waals surface area contributed by atoms with Gasteiger partial charge in [-0.05, 0) is 18.2 Å². The lowest BCUT2D eigenvalue weighted by atomic mass is 10.1. The third-order valence-corrected chi connectivity index (χ3v) is 4.17. The first-order valence-corrected chi connectivity index (χ1v) is 7.96. The van der Waals surface area contributed by atoms with Crippen molar-refractivity contribution in [1.29, 1.82) is 0 Å². The largest absolute Gasteiger partial charge is 0.379 e. The number of aromatic nitrogens is 1. The molecule has 1 saturated heterocycles. The van der Waals surface area contributed by atoms with Crippen molar-refractivity contribution in [2.75, 3.05) is 39.4 Å². The number of halogens is 1. The van der Waals surface area contributed by atoms with Gasteiger partial charge in [-0.2, -0.15) is 0 Å². The van der Waals surface area contributed by atoms with Gasteiger partial charge in [0, 0.05) is 44.7 Å². The first-order valence-electron chi connectivity index (χ1n) is 7.96. The molecule has 0 spiro atoms. The summed E-state index contributed by atoms with van der Waals surface area (Å²) in [4.78, 5) is 26.4. The Morgan fingerprint density at radius 3 is 2.75 bits per heavy atom. The number of hydrogen-bond acceptors (Lipinski definition) is 4. The van der Waals surface area contributed by atoms with E-state index < -0.39 is 5.82 Å². The molecule has 2 heterocycles. The molecule has 0 atom stereocenters. The summed E-state index contributed by atoms with van der Waals surface area (Å²) in [6.45, 7) is 5.78. The Morgan fingerprint density at radius 1 is 1.29 bits per heavy atom. The highest BCUT2D eigenvalue weighted by atomic mass is 19.1. The molecular formula is C17H20FN3O3. The Labute approximate surface area is 139 Å². The smallest absolute Gasteiger partial charge is 0.253 e. The average Bonchev–Trinajstić information content (AvgIpc) is 2.94. The molecule has 1 aromatic heterocycles. The van der Waals surface area contributed by atoms with E-state index in [1.807, 2.05) is 0 Å². The fraction of sp³-hybridized carbons (Fsp3) is 0.412. The minimum Gasteiger partial charge on any atom is -0.379 e. The maximum absolute atomic E-state index is 13.5. The van der Waals surface area contributed by atoms with Gasteiger partial charge in [-0.25, -0.2) is 4.39 Å². The SMILES string of the molecule is CC(=O)n1cc(C(=O)NCCN2CCOCC2)c2ccc(F)cc21. The van der Waals surface area contributed by atoms with Crippen LogP contribution in [0.2, 0.25) is 0 Å². The number of fused-ring (bicyclic) bond motifs is 1. The fourth-order valence-electron chi connectivity index (χ4n) is 2.89. The van der Waals surface area contributed by atoms with Crippen LogP contribution in [0, 0.1) is 5.82 Å². The normalized spacial score (nSPS) is 15.6. The predicted octanol–water partition coefficient (Wildman–Crippen LogP) is 1.50. The summed E-state index contributed by atoms with van der Waals surface area (Å²) in [5.41, 5.74) is 0.781. The maximum Gasteiger partial charge on any atom is 0.253 e. The summed E-state index contributed by atoms with van der Waals surface area (Å²) in [7, 11) is 0.